The third kappa shape index (κ3) is 3.64. The van der Waals surface area contributed by atoms with Crippen LogP contribution < -0.4 is 0 Å². The van der Waals surface area contributed by atoms with Gasteiger partial charge in [0.2, 0.25) is 5.91 Å². The average Bonchev–Trinajstić information content (AvgIpc) is 3.02. The molecule has 2 aliphatic rings. The van der Waals surface area contributed by atoms with Crippen LogP contribution in [0.15, 0.2) is 11.4 Å². The second-order valence-electron chi connectivity index (χ2n) is 7.05. The lowest BCUT2D eigenvalue weighted by atomic mass is 9.72. The van der Waals surface area contributed by atoms with E-state index in [1.165, 1.54) is 4.88 Å². The van der Waals surface area contributed by atoms with Gasteiger partial charge in [-0.05, 0) is 37.7 Å². The predicted octanol–water partition coefficient (Wildman–Crippen LogP) is 2.55. The Morgan fingerprint density at radius 3 is 2.71 bits per heavy atom. The molecule has 6 heteroatoms. The summed E-state index contributed by atoms with van der Waals surface area (Å²) in [7, 11) is 1.67. The van der Waals surface area contributed by atoms with Crippen LogP contribution in [0.4, 0.5) is 0 Å². The minimum absolute atomic E-state index is 0.150. The van der Waals surface area contributed by atoms with Crippen LogP contribution in [-0.2, 0) is 9.53 Å². The minimum Gasteiger partial charge on any atom is -0.383 e. The van der Waals surface area contributed by atoms with Crippen molar-refractivity contribution >= 4 is 23.2 Å². The largest absolute Gasteiger partial charge is 0.383 e. The van der Waals surface area contributed by atoms with Crippen molar-refractivity contribution in [2.75, 3.05) is 39.9 Å². The SMILES string of the molecule is COCCN1CC2(CCC1=O)CCN(C(=O)c1csc(C)c1)CC2. The second-order valence-corrected chi connectivity index (χ2v) is 8.16. The van der Waals surface area contributed by atoms with E-state index >= 15 is 0 Å². The number of ether oxygens (including phenoxy) is 1. The van der Waals surface area contributed by atoms with Crippen molar-refractivity contribution in [3.05, 3.63) is 21.9 Å². The molecule has 2 aliphatic heterocycles. The Labute approximate surface area is 147 Å². The molecule has 5 nitrogen and oxygen atoms in total. The number of methoxy groups -OCH3 is 1. The van der Waals surface area contributed by atoms with Crippen molar-refractivity contribution in [1.82, 2.24) is 9.80 Å². The van der Waals surface area contributed by atoms with Gasteiger partial charge in [0.15, 0.2) is 0 Å². The molecule has 0 atom stereocenters. The molecule has 1 aromatic rings. The van der Waals surface area contributed by atoms with E-state index in [1.807, 2.05) is 28.2 Å². The maximum atomic E-state index is 12.6. The van der Waals surface area contributed by atoms with Crippen LogP contribution >= 0.6 is 11.3 Å². The van der Waals surface area contributed by atoms with Crippen LogP contribution in [0, 0.1) is 12.3 Å². The number of carbonyl (C=O) groups excluding carboxylic acids is 2. The number of thiophene rings is 1. The molecular weight excluding hydrogens is 324 g/mol. The zero-order chi connectivity index (χ0) is 17.2. The van der Waals surface area contributed by atoms with Crippen molar-refractivity contribution in [2.45, 2.75) is 32.6 Å². The number of likely N-dealkylation sites (tertiary alicyclic amines) is 2. The van der Waals surface area contributed by atoms with Gasteiger partial charge in [-0.3, -0.25) is 9.59 Å². The second kappa shape index (κ2) is 7.23. The van der Waals surface area contributed by atoms with Crippen molar-refractivity contribution < 1.29 is 14.3 Å². The minimum atomic E-state index is 0.150. The number of hydrogen-bond acceptors (Lipinski definition) is 4. The van der Waals surface area contributed by atoms with Crippen molar-refractivity contribution in [3.8, 4) is 0 Å². The molecule has 24 heavy (non-hydrogen) atoms. The highest BCUT2D eigenvalue weighted by molar-refractivity contribution is 7.10. The van der Waals surface area contributed by atoms with Gasteiger partial charge in [-0.15, -0.1) is 11.3 Å². The molecule has 2 saturated heterocycles. The number of hydrogen-bond donors (Lipinski definition) is 0. The Kier molecular flexibility index (Phi) is 5.25. The molecule has 0 aromatic carbocycles. The first-order chi connectivity index (χ1) is 11.5. The van der Waals surface area contributed by atoms with Gasteiger partial charge in [-0.1, -0.05) is 0 Å². The highest BCUT2D eigenvalue weighted by Crippen LogP contribution is 2.40. The maximum Gasteiger partial charge on any atom is 0.254 e. The molecule has 0 radical (unpaired) electrons. The van der Waals surface area contributed by atoms with E-state index in [0.29, 0.717) is 19.6 Å². The molecule has 0 N–H and O–H groups in total. The highest BCUT2D eigenvalue weighted by atomic mass is 32.1. The van der Waals surface area contributed by atoms with E-state index < -0.39 is 0 Å². The van der Waals surface area contributed by atoms with Gasteiger partial charge in [0.1, 0.15) is 0 Å². The zero-order valence-corrected chi connectivity index (χ0v) is 15.4. The van der Waals surface area contributed by atoms with Crippen molar-refractivity contribution in [2.24, 2.45) is 5.41 Å². The summed E-state index contributed by atoms with van der Waals surface area (Å²) in [4.78, 5) is 29.8. The standard InChI is InChI=1S/C18H26N2O3S/c1-14-11-15(12-24-14)17(22)19-7-5-18(6-8-19)4-3-16(21)20(13-18)9-10-23-2/h11-12H,3-10,13H2,1-2H3. The van der Waals surface area contributed by atoms with E-state index in [9.17, 15) is 9.59 Å². The van der Waals surface area contributed by atoms with Gasteiger partial charge in [0.25, 0.3) is 5.91 Å². The first-order valence-electron chi connectivity index (χ1n) is 8.64. The van der Waals surface area contributed by atoms with Crippen LogP contribution in [0.1, 0.15) is 40.9 Å². The summed E-state index contributed by atoms with van der Waals surface area (Å²) in [6, 6.07) is 1.98. The highest BCUT2D eigenvalue weighted by Gasteiger charge is 2.41. The molecule has 0 saturated carbocycles. The number of amides is 2. The molecule has 0 bridgehead atoms. The summed E-state index contributed by atoms with van der Waals surface area (Å²) >= 11 is 1.62. The summed E-state index contributed by atoms with van der Waals surface area (Å²) in [5, 5.41) is 1.95. The number of aryl methyl sites for hydroxylation is 1. The Morgan fingerprint density at radius 2 is 2.08 bits per heavy atom. The summed E-state index contributed by atoms with van der Waals surface area (Å²) < 4.78 is 5.12. The molecule has 2 fully saturated rings. The Bertz CT molecular complexity index is 605. The smallest absolute Gasteiger partial charge is 0.254 e. The van der Waals surface area contributed by atoms with E-state index in [1.54, 1.807) is 18.4 Å². The van der Waals surface area contributed by atoms with Gasteiger partial charge < -0.3 is 14.5 Å². The van der Waals surface area contributed by atoms with Crippen LogP contribution in [0.3, 0.4) is 0 Å². The molecule has 1 aromatic heterocycles. The summed E-state index contributed by atoms with van der Waals surface area (Å²) in [5.74, 6) is 0.391. The van der Waals surface area contributed by atoms with Crippen LogP contribution in [-0.4, -0.2) is 61.5 Å². The van der Waals surface area contributed by atoms with Gasteiger partial charge in [-0.2, -0.15) is 0 Å². The van der Waals surface area contributed by atoms with E-state index in [0.717, 1.165) is 44.5 Å². The molecule has 1 spiro atoms. The first-order valence-corrected chi connectivity index (χ1v) is 9.52. The lowest BCUT2D eigenvalue weighted by Crippen LogP contribution is -2.52. The molecule has 3 heterocycles. The Morgan fingerprint density at radius 1 is 1.33 bits per heavy atom. The summed E-state index contributed by atoms with van der Waals surface area (Å²) in [5.41, 5.74) is 0.997. The molecule has 2 amide bonds. The molecular formula is C18H26N2O3S. The molecule has 3 rings (SSSR count). The Balaban J connectivity index is 1.59. The third-order valence-corrected chi connectivity index (χ3v) is 6.26. The fraction of sp³-hybridized carbons (Fsp3) is 0.667. The normalized spacial score (nSPS) is 20.7. The number of rotatable bonds is 4. The number of piperidine rings is 2. The summed E-state index contributed by atoms with van der Waals surface area (Å²) in [6.45, 7) is 5.69. The van der Waals surface area contributed by atoms with Crippen LogP contribution in [0.5, 0.6) is 0 Å². The molecule has 0 aliphatic carbocycles. The lowest BCUT2D eigenvalue weighted by molar-refractivity contribution is -0.139. The van der Waals surface area contributed by atoms with Gasteiger partial charge in [0, 0.05) is 50.0 Å². The zero-order valence-electron chi connectivity index (χ0n) is 14.5. The summed E-state index contributed by atoms with van der Waals surface area (Å²) in [6.07, 6.45) is 3.55. The van der Waals surface area contributed by atoms with Crippen LogP contribution in [0.2, 0.25) is 0 Å². The van der Waals surface area contributed by atoms with E-state index in [-0.39, 0.29) is 17.2 Å². The first kappa shape index (κ1) is 17.4. The van der Waals surface area contributed by atoms with Crippen molar-refractivity contribution in [3.63, 3.8) is 0 Å². The number of nitrogens with zero attached hydrogens (tertiary/aromatic N) is 2. The topological polar surface area (TPSA) is 49.9 Å². The lowest BCUT2D eigenvalue weighted by Gasteiger charge is -2.47. The van der Waals surface area contributed by atoms with Gasteiger partial charge in [-0.25, -0.2) is 0 Å². The van der Waals surface area contributed by atoms with Crippen molar-refractivity contribution in [1.29, 1.82) is 0 Å². The number of carbonyl (C=O) groups is 2. The van der Waals surface area contributed by atoms with Gasteiger partial charge >= 0.3 is 0 Å². The van der Waals surface area contributed by atoms with Crippen LogP contribution in [0.25, 0.3) is 0 Å². The Hall–Kier alpha value is -1.40. The molecule has 132 valence electrons. The predicted molar refractivity (Wildman–Crippen MR) is 94.3 cm³/mol. The van der Waals surface area contributed by atoms with E-state index in [4.69, 9.17) is 4.74 Å². The molecule has 0 unspecified atom stereocenters. The fourth-order valence-corrected chi connectivity index (χ4v) is 4.51. The maximum absolute atomic E-state index is 12.6. The quantitative estimate of drug-likeness (QED) is 0.838. The average molecular weight is 350 g/mol. The fourth-order valence-electron chi connectivity index (χ4n) is 3.84. The third-order valence-electron chi connectivity index (χ3n) is 5.40. The van der Waals surface area contributed by atoms with E-state index in [2.05, 4.69) is 0 Å². The monoisotopic (exact) mass is 350 g/mol. The van der Waals surface area contributed by atoms with Gasteiger partial charge in [0.05, 0.1) is 12.2 Å².